The van der Waals surface area contributed by atoms with Gasteiger partial charge in [-0.2, -0.15) is 0 Å². The van der Waals surface area contributed by atoms with Gasteiger partial charge in [-0.25, -0.2) is 4.98 Å². The van der Waals surface area contributed by atoms with E-state index in [9.17, 15) is 4.79 Å². The summed E-state index contributed by atoms with van der Waals surface area (Å²) >= 11 is 0. The fourth-order valence-electron chi connectivity index (χ4n) is 1.98. The molecular weight excluding hydrogens is 250 g/mol. The molecule has 2 rings (SSSR count). The minimum atomic E-state index is -0.150. The van der Waals surface area contributed by atoms with Crippen LogP contribution in [-0.2, 0) is 0 Å². The fraction of sp³-hybridized carbons (Fsp3) is 0.250. The van der Waals surface area contributed by atoms with Crippen LogP contribution in [-0.4, -0.2) is 17.4 Å². The second-order valence-corrected chi connectivity index (χ2v) is 4.75. The van der Waals surface area contributed by atoms with Crippen molar-refractivity contribution in [3.63, 3.8) is 0 Å². The van der Waals surface area contributed by atoms with Crippen LogP contribution in [0.15, 0.2) is 36.5 Å². The smallest absolute Gasteiger partial charge is 0.258 e. The molecule has 0 saturated carbocycles. The number of aromatic nitrogens is 1. The molecule has 104 valence electrons. The number of aryl methyl sites for hydroxylation is 2. The highest BCUT2D eigenvalue weighted by Gasteiger charge is 2.12. The third-order valence-electron chi connectivity index (χ3n) is 2.94. The van der Waals surface area contributed by atoms with Crippen molar-refractivity contribution in [2.45, 2.75) is 20.8 Å². The van der Waals surface area contributed by atoms with Crippen LogP contribution in [0.3, 0.4) is 0 Å². The maximum absolute atomic E-state index is 12.4. The molecule has 4 nitrogen and oxygen atoms in total. The first kappa shape index (κ1) is 14.1. The van der Waals surface area contributed by atoms with Crippen molar-refractivity contribution in [3.05, 3.63) is 53.2 Å². The molecule has 0 aliphatic rings. The second-order valence-electron chi connectivity index (χ2n) is 4.75. The second kappa shape index (κ2) is 6.19. The van der Waals surface area contributed by atoms with E-state index in [-0.39, 0.29) is 5.91 Å². The van der Waals surface area contributed by atoms with E-state index in [0.717, 1.165) is 23.4 Å². The first-order chi connectivity index (χ1) is 9.60. The summed E-state index contributed by atoms with van der Waals surface area (Å²) in [5.41, 5.74) is 3.58. The molecule has 0 atom stereocenters. The molecule has 0 fully saturated rings. The van der Waals surface area contributed by atoms with Crippen LogP contribution in [0.25, 0.3) is 0 Å². The molecule has 20 heavy (non-hydrogen) atoms. The zero-order valence-electron chi connectivity index (χ0n) is 12.0. The van der Waals surface area contributed by atoms with Gasteiger partial charge in [-0.15, -0.1) is 0 Å². The molecule has 1 heterocycles. The lowest BCUT2D eigenvalue weighted by Crippen LogP contribution is -2.16. The third kappa shape index (κ3) is 3.35. The van der Waals surface area contributed by atoms with E-state index in [4.69, 9.17) is 0 Å². The predicted octanol–water partition coefficient (Wildman–Crippen LogP) is 3.38. The molecule has 1 amide bonds. The zero-order valence-corrected chi connectivity index (χ0v) is 12.0. The minimum Gasteiger partial charge on any atom is -0.385 e. The Kier molecular flexibility index (Phi) is 4.35. The number of hydrogen-bond donors (Lipinski definition) is 2. The number of carbonyl (C=O) groups is 1. The first-order valence-corrected chi connectivity index (χ1v) is 6.68. The van der Waals surface area contributed by atoms with Gasteiger partial charge in [-0.05, 0) is 50.6 Å². The molecular formula is C16H19N3O. The van der Waals surface area contributed by atoms with E-state index in [1.807, 2.05) is 51.1 Å². The maximum atomic E-state index is 12.4. The lowest BCUT2D eigenvalue weighted by Gasteiger charge is -2.12. The molecule has 0 unspecified atom stereocenters. The number of nitrogens with one attached hydrogen (secondary N) is 2. The topological polar surface area (TPSA) is 54.0 Å². The minimum absolute atomic E-state index is 0.150. The van der Waals surface area contributed by atoms with Gasteiger partial charge in [0.25, 0.3) is 5.91 Å². The molecule has 1 aromatic heterocycles. The van der Waals surface area contributed by atoms with Crippen molar-refractivity contribution < 1.29 is 4.79 Å². The van der Waals surface area contributed by atoms with Crippen LogP contribution in [0.1, 0.15) is 28.4 Å². The van der Waals surface area contributed by atoms with Crippen LogP contribution in [0.2, 0.25) is 0 Å². The number of rotatable bonds is 4. The Balaban J connectivity index is 2.26. The number of pyridine rings is 1. The molecule has 1 aromatic carbocycles. The number of amides is 1. The highest BCUT2D eigenvalue weighted by Crippen LogP contribution is 2.19. The van der Waals surface area contributed by atoms with Gasteiger partial charge in [0.1, 0.15) is 5.82 Å². The SMILES string of the molecule is CCNc1ccc(C)cc1C(=O)Nc1cc(C)ccn1. The summed E-state index contributed by atoms with van der Waals surface area (Å²) < 4.78 is 0. The number of nitrogens with zero attached hydrogens (tertiary/aromatic N) is 1. The van der Waals surface area contributed by atoms with Crippen LogP contribution in [0, 0.1) is 13.8 Å². The van der Waals surface area contributed by atoms with Crippen LogP contribution in [0.4, 0.5) is 11.5 Å². The van der Waals surface area contributed by atoms with Crippen molar-refractivity contribution in [1.29, 1.82) is 0 Å². The van der Waals surface area contributed by atoms with Crippen molar-refractivity contribution in [2.24, 2.45) is 0 Å². The Hall–Kier alpha value is -2.36. The summed E-state index contributed by atoms with van der Waals surface area (Å²) in [5, 5.41) is 6.04. The maximum Gasteiger partial charge on any atom is 0.258 e. The number of hydrogen-bond acceptors (Lipinski definition) is 3. The Bertz CT molecular complexity index is 623. The molecule has 0 spiro atoms. The highest BCUT2D eigenvalue weighted by molar-refractivity contribution is 6.07. The highest BCUT2D eigenvalue weighted by atomic mass is 16.1. The summed E-state index contributed by atoms with van der Waals surface area (Å²) in [6.45, 7) is 6.71. The van der Waals surface area contributed by atoms with Gasteiger partial charge in [0.2, 0.25) is 0 Å². The van der Waals surface area contributed by atoms with Crippen LogP contribution >= 0.6 is 0 Å². The molecule has 0 aliphatic carbocycles. The van der Waals surface area contributed by atoms with Crippen molar-refractivity contribution in [2.75, 3.05) is 17.2 Å². The molecule has 0 saturated heterocycles. The molecule has 0 aliphatic heterocycles. The quantitative estimate of drug-likeness (QED) is 0.894. The summed E-state index contributed by atoms with van der Waals surface area (Å²) in [7, 11) is 0. The zero-order chi connectivity index (χ0) is 14.5. The largest absolute Gasteiger partial charge is 0.385 e. The lowest BCUT2D eigenvalue weighted by atomic mass is 10.1. The van der Waals surface area contributed by atoms with Crippen molar-refractivity contribution in [3.8, 4) is 0 Å². The Morgan fingerprint density at radius 1 is 1.15 bits per heavy atom. The summed E-state index contributed by atoms with van der Waals surface area (Å²) in [4.78, 5) is 16.5. The molecule has 0 radical (unpaired) electrons. The van der Waals surface area contributed by atoms with E-state index in [1.165, 1.54) is 0 Å². The van der Waals surface area contributed by atoms with E-state index < -0.39 is 0 Å². The summed E-state index contributed by atoms with van der Waals surface area (Å²) in [6, 6.07) is 9.53. The Morgan fingerprint density at radius 3 is 2.60 bits per heavy atom. The van der Waals surface area contributed by atoms with Gasteiger partial charge in [-0.3, -0.25) is 4.79 Å². The van der Waals surface area contributed by atoms with Gasteiger partial charge in [-0.1, -0.05) is 11.6 Å². The van der Waals surface area contributed by atoms with E-state index >= 15 is 0 Å². The molecule has 0 bridgehead atoms. The van der Waals surface area contributed by atoms with E-state index in [0.29, 0.717) is 11.4 Å². The monoisotopic (exact) mass is 269 g/mol. The number of anilines is 2. The predicted molar refractivity (Wildman–Crippen MR) is 82.3 cm³/mol. The lowest BCUT2D eigenvalue weighted by molar-refractivity contribution is 0.102. The third-order valence-corrected chi connectivity index (χ3v) is 2.94. The van der Waals surface area contributed by atoms with Crippen molar-refractivity contribution in [1.82, 2.24) is 4.98 Å². The first-order valence-electron chi connectivity index (χ1n) is 6.68. The number of benzene rings is 1. The van der Waals surface area contributed by atoms with Crippen LogP contribution in [0.5, 0.6) is 0 Å². The number of carbonyl (C=O) groups excluding carboxylic acids is 1. The summed E-state index contributed by atoms with van der Waals surface area (Å²) in [5.74, 6) is 0.418. The van der Waals surface area contributed by atoms with Crippen LogP contribution < -0.4 is 10.6 Å². The van der Waals surface area contributed by atoms with Gasteiger partial charge in [0.15, 0.2) is 0 Å². The Morgan fingerprint density at radius 2 is 1.90 bits per heavy atom. The average Bonchev–Trinajstić information content (AvgIpc) is 2.41. The fourth-order valence-corrected chi connectivity index (χ4v) is 1.98. The van der Waals surface area contributed by atoms with Gasteiger partial charge in [0, 0.05) is 18.4 Å². The molecule has 2 aromatic rings. The van der Waals surface area contributed by atoms with E-state index in [2.05, 4.69) is 15.6 Å². The van der Waals surface area contributed by atoms with Gasteiger partial charge >= 0.3 is 0 Å². The summed E-state index contributed by atoms with van der Waals surface area (Å²) in [6.07, 6.45) is 1.69. The average molecular weight is 269 g/mol. The van der Waals surface area contributed by atoms with E-state index in [1.54, 1.807) is 6.20 Å². The Labute approximate surface area is 119 Å². The molecule has 4 heteroatoms. The standard InChI is InChI=1S/C16H19N3O/c1-4-17-14-6-5-11(2)9-13(14)16(20)19-15-10-12(3)7-8-18-15/h5-10,17H,4H2,1-3H3,(H,18,19,20). The van der Waals surface area contributed by atoms with Gasteiger partial charge < -0.3 is 10.6 Å². The van der Waals surface area contributed by atoms with Gasteiger partial charge in [0.05, 0.1) is 5.56 Å². The normalized spacial score (nSPS) is 10.2. The van der Waals surface area contributed by atoms with Crippen molar-refractivity contribution >= 4 is 17.4 Å². The molecule has 2 N–H and O–H groups in total.